The van der Waals surface area contributed by atoms with Crippen molar-refractivity contribution in [3.05, 3.63) is 29.8 Å². The summed E-state index contributed by atoms with van der Waals surface area (Å²) < 4.78 is 0. The van der Waals surface area contributed by atoms with Crippen LogP contribution in [-0.2, 0) is 0 Å². The first-order valence-corrected chi connectivity index (χ1v) is 9.72. The zero-order valence-electron chi connectivity index (χ0n) is 16.0. The van der Waals surface area contributed by atoms with Gasteiger partial charge in [-0.05, 0) is 44.9 Å². The van der Waals surface area contributed by atoms with Crippen LogP contribution in [0, 0.1) is 6.92 Å². The van der Waals surface area contributed by atoms with Gasteiger partial charge in [0.05, 0.1) is 0 Å². The van der Waals surface area contributed by atoms with E-state index in [1.807, 2.05) is 7.05 Å². The summed E-state index contributed by atoms with van der Waals surface area (Å²) in [5.41, 5.74) is 2.63. The summed E-state index contributed by atoms with van der Waals surface area (Å²) in [6.07, 6.45) is 3.90. The third-order valence-corrected chi connectivity index (χ3v) is 5.31. The van der Waals surface area contributed by atoms with Gasteiger partial charge in [-0.15, -0.1) is 0 Å². The molecule has 0 amide bonds. The monoisotopic (exact) mass is 343 g/mol. The molecule has 2 aliphatic rings. The predicted octanol–water partition coefficient (Wildman–Crippen LogP) is 2.22. The zero-order valence-corrected chi connectivity index (χ0v) is 16.0. The minimum Gasteiger partial charge on any atom is -0.369 e. The van der Waals surface area contributed by atoms with E-state index < -0.39 is 0 Å². The van der Waals surface area contributed by atoms with Crippen molar-refractivity contribution in [2.75, 3.05) is 44.7 Å². The summed E-state index contributed by atoms with van der Waals surface area (Å²) in [6.45, 7) is 9.73. The minimum atomic E-state index is 0.457. The second-order valence-corrected chi connectivity index (χ2v) is 7.27. The lowest BCUT2D eigenvalue weighted by Crippen LogP contribution is -2.46. The minimum absolute atomic E-state index is 0.457. The molecule has 0 spiro atoms. The maximum atomic E-state index is 4.40. The molecule has 5 nitrogen and oxygen atoms in total. The van der Waals surface area contributed by atoms with Gasteiger partial charge in [-0.3, -0.25) is 9.89 Å². The van der Waals surface area contributed by atoms with Crippen LogP contribution in [0.1, 0.15) is 31.7 Å². The normalized spacial score (nSPS) is 21.0. The first kappa shape index (κ1) is 18.1. The van der Waals surface area contributed by atoms with Crippen LogP contribution in [0.2, 0.25) is 0 Å². The highest BCUT2D eigenvalue weighted by molar-refractivity contribution is 5.80. The van der Waals surface area contributed by atoms with Crippen molar-refractivity contribution in [2.24, 2.45) is 4.99 Å². The van der Waals surface area contributed by atoms with Crippen LogP contribution in [0.25, 0.3) is 0 Å². The van der Waals surface area contributed by atoms with Crippen molar-refractivity contribution in [1.29, 1.82) is 0 Å². The van der Waals surface area contributed by atoms with Crippen molar-refractivity contribution in [3.8, 4) is 0 Å². The summed E-state index contributed by atoms with van der Waals surface area (Å²) in [7, 11) is 1.86. The van der Waals surface area contributed by atoms with E-state index in [1.54, 1.807) is 0 Å². The molecular weight excluding hydrogens is 310 g/mol. The lowest BCUT2D eigenvalue weighted by Gasteiger charge is -2.22. The van der Waals surface area contributed by atoms with Crippen LogP contribution < -0.4 is 15.5 Å². The lowest BCUT2D eigenvalue weighted by atomic mass is 10.2. The first-order valence-electron chi connectivity index (χ1n) is 9.72. The van der Waals surface area contributed by atoms with Crippen LogP contribution in [-0.4, -0.2) is 62.7 Å². The molecule has 1 saturated heterocycles. The van der Waals surface area contributed by atoms with Crippen LogP contribution in [0.5, 0.6) is 0 Å². The fourth-order valence-corrected chi connectivity index (χ4v) is 3.61. The Morgan fingerprint density at radius 3 is 2.64 bits per heavy atom. The van der Waals surface area contributed by atoms with Crippen molar-refractivity contribution in [3.63, 3.8) is 0 Å². The molecule has 2 N–H and O–H groups in total. The van der Waals surface area contributed by atoms with Crippen LogP contribution in [0.3, 0.4) is 0 Å². The Labute approximate surface area is 152 Å². The number of guanidine groups is 1. The van der Waals surface area contributed by atoms with E-state index in [9.17, 15) is 0 Å². The van der Waals surface area contributed by atoms with E-state index in [0.717, 1.165) is 51.1 Å². The molecule has 0 radical (unpaired) electrons. The number of nitrogens with one attached hydrogen (secondary N) is 2. The molecule has 1 heterocycles. The van der Waals surface area contributed by atoms with Crippen molar-refractivity contribution >= 4 is 11.6 Å². The molecule has 1 aromatic rings. The third kappa shape index (κ3) is 5.11. The van der Waals surface area contributed by atoms with E-state index in [1.165, 1.54) is 24.1 Å². The molecule has 2 fully saturated rings. The van der Waals surface area contributed by atoms with Gasteiger partial charge in [0.25, 0.3) is 0 Å². The van der Waals surface area contributed by atoms with Crippen molar-refractivity contribution < 1.29 is 0 Å². The Kier molecular flexibility index (Phi) is 6.19. The summed E-state index contributed by atoms with van der Waals surface area (Å²) in [5, 5.41) is 7.08. The Balaban J connectivity index is 1.42. The molecule has 1 aliphatic heterocycles. The summed E-state index contributed by atoms with van der Waals surface area (Å²) in [4.78, 5) is 9.42. The quantitative estimate of drug-likeness (QED) is 0.588. The Bertz CT molecular complexity index is 564. The number of aliphatic imine (C=N–C) groups is 1. The van der Waals surface area contributed by atoms with E-state index in [2.05, 4.69) is 63.5 Å². The molecular formula is C20H33N5. The molecule has 1 saturated carbocycles. The fourth-order valence-electron chi connectivity index (χ4n) is 3.61. The predicted molar refractivity (Wildman–Crippen MR) is 107 cm³/mol. The Morgan fingerprint density at radius 2 is 2.00 bits per heavy atom. The molecule has 0 bridgehead atoms. The van der Waals surface area contributed by atoms with E-state index in [-0.39, 0.29) is 0 Å². The zero-order chi connectivity index (χ0) is 17.6. The number of hydrogen-bond donors (Lipinski definition) is 2. The second-order valence-electron chi connectivity index (χ2n) is 7.27. The third-order valence-electron chi connectivity index (χ3n) is 5.31. The topological polar surface area (TPSA) is 42.9 Å². The molecule has 138 valence electrons. The number of anilines is 1. The van der Waals surface area contributed by atoms with Gasteiger partial charge in [0.1, 0.15) is 0 Å². The smallest absolute Gasteiger partial charge is 0.191 e. The van der Waals surface area contributed by atoms with Gasteiger partial charge in [-0.1, -0.05) is 24.6 Å². The fraction of sp³-hybridized carbons (Fsp3) is 0.650. The van der Waals surface area contributed by atoms with Gasteiger partial charge >= 0.3 is 0 Å². The maximum absolute atomic E-state index is 4.40. The van der Waals surface area contributed by atoms with Gasteiger partial charge in [-0.2, -0.15) is 0 Å². The number of nitrogens with zero attached hydrogens (tertiary/aromatic N) is 3. The van der Waals surface area contributed by atoms with Crippen molar-refractivity contribution in [1.82, 2.24) is 15.5 Å². The first-order chi connectivity index (χ1) is 12.2. The Morgan fingerprint density at radius 1 is 1.24 bits per heavy atom. The van der Waals surface area contributed by atoms with E-state index in [0.29, 0.717) is 6.04 Å². The number of rotatable bonds is 7. The SMILES string of the molecule is CCN(CCNC(=NC)NC1CCN(c2ccc(C)cc2)C1)C1CC1. The van der Waals surface area contributed by atoms with E-state index in [4.69, 9.17) is 0 Å². The molecule has 3 rings (SSSR count). The molecule has 1 aromatic carbocycles. The van der Waals surface area contributed by atoms with Crippen LogP contribution in [0.4, 0.5) is 5.69 Å². The number of aryl methyl sites for hydroxylation is 1. The highest BCUT2D eigenvalue weighted by atomic mass is 15.3. The average molecular weight is 344 g/mol. The summed E-state index contributed by atoms with van der Waals surface area (Å²) in [5.74, 6) is 0.933. The highest BCUT2D eigenvalue weighted by Crippen LogP contribution is 2.25. The summed E-state index contributed by atoms with van der Waals surface area (Å²) in [6, 6.07) is 10.1. The number of hydrogen-bond acceptors (Lipinski definition) is 3. The van der Waals surface area contributed by atoms with Crippen LogP contribution in [0.15, 0.2) is 29.3 Å². The summed E-state index contributed by atoms with van der Waals surface area (Å²) >= 11 is 0. The Hall–Kier alpha value is -1.75. The highest BCUT2D eigenvalue weighted by Gasteiger charge is 2.27. The molecule has 0 aromatic heterocycles. The van der Waals surface area contributed by atoms with Crippen molar-refractivity contribution in [2.45, 2.75) is 45.2 Å². The molecule has 1 atom stereocenters. The number of likely N-dealkylation sites (N-methyl/N-ethyl adjacent to an activating group) is 1. The van der Waals surface area contributed by atoms with Crippen LogP contribution >= 0.6 is 0 Å². The number of benzene rings is 1. The van der Waals surface area contributed by atoms with Gasteiger partial charge < -0.3 is 15.5 Å². The van der Waals surface area contributed by atoms with Gasteiger partial charge in [0.15, 0.2) is 5.96 Å². The maximum Gasteiger partial charge on any atom is 0.191 e. The van der Waals surface area contributed by atoms with Gasteiger partial charge in [0, 0.05) is 51.0 Å². The average Bonchev–Trinajstić information content (AvgIpc) is 3.37. The molecule has 5 heteroatoms. The van der Waals surface area contributed by atoms with E-state index >= 15 is 0 Å². The largest absolute Gasteiger partial charge is 0.369 e. The molecule has 25 heavy (non-hydrogen) atoms. The lowest BCUT2D eigenvalue weighted by molar-refractivity contribution is 0.282. The molecule has 1 unspecified atom stereocenters. The standard InChI is InChI=1S/C20H33N5/c1-4-24(18-9-10-18)14-12-22-20(21-3)23-17-11-13-25(15-17)19-7-5-16(2)6-8-19/h5-8,17-18H,4,9-15H2,1-3H3,(H2,21,22,23). The van der Waals surface area contributed by atoms with Gasteiger partial charge in [0.2, 0.25) is 0 Å². The molecule has 1 aliphatic carbocycles. The second kappa shape index (κ2) is 8.56. The van der Waals surface area contributed by atoms with Gasteiger partial charge in [-0.25, -0.2) is 0 Å².